The summed E-state index contributed by atoms with van der Waals surface area (Å²) in [6.45, 7) is -3.07. The first-order chi connectivity index (χ1) is 12.1. The van der Waals surface area contributed by atoms with E-state index in [1.54, 1.807) is 55.6 Å². The van der Waals surface area contributed by atoms with E-state index < -0.39 is 12.5 Å². The van der Waals surface area contributed by atoms with Crippen molar-refractivity contribution in [2.75, 3.05) is 7.11 Å². The summed E-state index contributed by atoms with van der Waals surface area (Å²) in [6, 6.07) is 13.5. The maximum Gasteiger partial charge on any atom is 0.320 e. The maximum atomic E-state index is 13.3. The molecule has 0 unspecified atom stereocenters. The summed E-state index contributed by atoms with van der Waals surface area (Å²) in [5.41, 5.74) is 1.48. The number of nitrogens with zero attached hydrogens (tertiary/aromatic N) is 2. The Hall–Kier alpha value is -2.96. The third kappa shape index (κ3) is 3.76. The second kappa shape index (κ2) is 7.29. The summed E-state index contributed by atoms with van der Waals surface area (Å²) in [5.74, 6) is 0.181. The van der Waals surface area contributed by atoms with Crippen LogP contribution in [0.15, 0.2) is 48.5 Å². The van der Waals surface area contributed by atoms with Crippen LogP contribution in [0.25, 0.3) is 11.0 Å². The van der Waals surface area contributed by atoms with Crippen molar-refractivity contribution < 1.29 is 23.0 Å². The van der Waals surface area contributed by atoms with E-state index in [1.165, 1.54) is 0 Å². The van der Waals surface area contributed by atoms with Gasteiger partial charge in [-0.3, -0.25) is 9.36 Å². The quantitative estimate of drug-likeness (QED) is 0.638. The monoisotopic (exact) mass is 346 g/mol. The number of rotatable bonds is 6. The fourth-order valence-electron chi connectivity index (χ4n) is 2.52. The highest BCUT2D eigenvalue weighted by Gasteiger charge is 2.18. The molecule has 0 bridgehead atoms. The third-order valence-electron chi connectivity index (χ3n) is 3.73. The van der Waals surface area contributed by atoms with Gasteiger partial charge in [-0.2, -0.15) is 8.78 Å². The summed E-state index contributed by atoms with van der Waals surface area (Å²) in [6.07, 6.45) is 0.0406. The first-order valence-electron chi connectivity index (χ1n) is 7.61. The molecule has 0 aliphatic carbocycles. The van der Waals surface area contributed by atoms with E-state index >= 15 is 0 Å². The lowest BCUT2D eigenvalue weighted by molar-refractivity contribution is -0.144. The highest BCUT2D eigenvalue weighted by molar-refractivity contribution is 5.76. The minimum absolute atomic E-state index is 0.0132. The Morgan fingerprint density at radius 1 is 1.16 bits per heavy atom. The fourth-order valence-corrected chi connectivity index (χ4v) is 2.52. The molecule has 0 amide bonds. The molecule has 0 N–H and O–H groups in total. The molecule has 25 heavy (non-hydrogen) atoms. The zero-order valence-electron chi connectivity index (χ0n) is 13.5. The summed E-state index contributed by atoms with van der Waals surface area (Å²) >= 11 is 0. The van der Waals surface area contributed by atoms with Crippen molar-refractivity contribution in [1.29, 1.82) is 0 Å². The summed E-state index contributed by atoms with van der Waals surface area (Å²) in [5, 5.41) is 0. The van der Waals surface area contributed by atoms with Crippen LogP contribution >= 0.6 is 0 Å². The average molecular weight is 346 g/mol. The zero-order valence-corrected chi connectivity index (χ0v) is 13.5. The van der Waals surface area contributed by atoms with Gasteiger partial charge >= 0.3 is 12.5 Å². The Labute approximate surface area is 142 Å². The minimum atomic E-state index is -2.76. The molecule has 3 rings (SSSR count). The average Bonchev–Trinajstić information content (AvgIpc) is 2.99. The number of hydrogen-bond acceptors (Lipinski definition) is 4. The Bertz CT molecular complexity index is 876. The molecule has 0 aliphatic rings. The van der Waals surface area contributed by atoms with Crippen LogP contribution in [-0.4, -0.2) is 22.6 Å². The Morgan fingerprint density at radius 3 is 2.56 bits per heavy atom. The van der Waals surface area contributed by atoms with E-state index in [0.29, 0.717) is 16.8 Å². The van der Waals surface area contributed by atoms with Crippen molar-refractivity contribution in [3.8, 4) is 5.75 Å². The van der Waals surface area contributed by atoms with Crippen molar-refractivity contribution in [3.63, 3.8) is 0 Å². The number of halogens is 2. The SMILES string of the molecule is COc1ccc(CC(=O)OCc2nc3ccccc3n2C(F)F)cc1. The van der Waals surface area contributed by atoms with Gasteiger partial charge in [0.05, 0.1) is 24.6 Å². The number of hydrogen-bond donors (Lipinski definition) is 0. The van der Waals surface area contributed by atoms with Gasteiger partial charge in [-0.05, 0) is 29.8 Å². The Balaban J connectivity index is 1.69. The van der Waals surface area contributed by atoms with Gasteiger partial charge in [0.25, 0.3) is 0 Å². The molecule has 7 heteroatoms. The van der Waals surface area contributed by atoms with E-state index in [-0.39, 0.29) is 18.9 Å². The number of methoxy groups -OCH3 is 1. The predicted octanol–water partition coefficient (Wildman–Crippen LogP) is 3.73. The number of fused-ring (bicyclic) bond motifs is 1. The van der Waals surface area contributed by atoms with E-state index in [0.717, 1.165) is 10.1 Å². The van der Waals surface area contributed by atoms with Gasteiger partial charge in [0.2, 0.25) is 0 Å². The topological polar surface area (TPSA) is 53.4 Å². The van der Waals surface area contributed by atoms with E-state index in [2.05, 4.69) is 4.98 Å². The highest BCUT2D eigenvalue weighted by atomic mass is 19.3. The first kappa shape index (κ1) is 16.9. The Kier molecular flexibility index (Phi) is 4.92. The number of ether oxygens (including phenoxy) is 2. The van der Waals surface area contributed by atoms with Gasteiger partial charge in [0.15, 0.2) is 5.82 Å². The van der Waals surface area contributed by atoms with Crippen LogP contribution in [-0.2, 0) is 22.6 Å². The number of carbonyl (C=O) groups is 1. The molecule has 1 aromatic heterocycles. The van der Waals surface area contributed by atoms with Crippen molar-refractivity contribution >= 4 is 17.0 Å². The van der Waals surface area contributed by atoms with Crippen LogP contribution in [0.4, 0.5) is 8.78 Å². The van der Waals surface area contributed by atoms with Crippen LogP contribution in [0.3, 0.4) is 0 Å². The van der Waals surface area contributed by atoms with Crippen molar-refractivity contribution in [3.05, 3.63) is 59.9 Å². The molecule has 5 nitrogen and oxygen atoms in total. The van der Waals surface area contributed by atoms with Crippen LogP contribution in [0.2, 0.25) is 0 Å². The van der Waals surface area contributed by atoms with Gasteiger partial charge in [-0.15, -0.1) is 0 Å². The lowest BCUT2D eigenvalue weighted by atomic mass is 10.1. The van der Waals surface area contributed by atoms with Crippen LogP contribution < -0.4 is 4.74 Å². The van der Waals surface area contributed by atoms with E-state index in [4.69, 9.17) is 9.47 Å². The van der Waals surface area contributed by atoms with Gasteiger partial charge in [0.1, 0.15) is 12.4 Å². The van der Waals surface area contributed by atoms with E-state index in [1.807, 2.05) is 0 Å². The van der Waals surface area contributed by atoms with Gasteiger partial charge in [0, 0.05) is 0 Å². The molecule has 3 aromatic rings. The zero-order chi connectivity index (χ0) is 17.8. The van der Waals surface area contributed by atoms with Crippen LogP contribution in [0, 0.1) is 0 Å². The molecule has 0 aliphatic heterocycles. The number of aromatic nitrogens is 2. The molecule has 0 spiro atoms. The molecule has 0 atom stereocenters. The number of alkyl halides is 2. The summed E-state index contributed by atoms with van der Waals surface area (Å²) in [7, 11) is 1.55. The number of esters is 1. The number of imidazole rings is 1. The van der Waals surface area contributed by atoms with Crippen LogP contribution in [0.1, 0.15) is 17.9 Å². The van der Waals surface area contributed by atoms with Gasteiger partial charge in [-0.1, -0.05) is 24.3 Å². The lowest BCUT2D eigenvalue weighted by Crippen LogP contribution is -2.12. The fraction of sp³-hybridized carbons (Fsp3) is 0.222. The standard InChI is InChI=1S/C18H16F2N2O3/c1-24-13-8-6-12(7-9-13)10-17(23)25-11-16-21-14-4-2-3-5-15(14)22(16)18(19)20/h2-9,18H,10-11H2,1H3. The molecule has 2 aromatic carbocycles. The van der Waals surface area contributed by atoms with Crippen molar-refractivity contribution in [2.45, 2.75) is 19.6 Å². The van der Waals surface area contributed by atoms with E-state index in [9.17, 15) is 13.6 Å². The molecule has 0 radical (unpaired) electrons. The summed E-state index contributed by atoms with van der Waals surface area (Å²) in [4.78, 5) is 16.1. The third-order valence-corrected chi connectivity index (χ3v) is 3.73. The maximum absolute atomic E-state index is 13.3. The molecule has 1 heterocycles. The normalized spacial score (nSPS) is 11.0. The lowest BCUT2D eigenvalue weighted by Gasteiger charge is -2.09. The molecular formula is C18H16F2N2O3. The molecule has 0 saturated heterocycles. The molecule has 0 fully saturated rings. The second-order valence-corrected chi connectivity index (χ2v) is 5.35. The molecular weight excluding hydrogens is 330 g/mol. The largest absolute Gasteiger partial charge is 0.497 e. The second-order valence-electron chi connectivity index (χ2n) is 5.35. The summed E-state index contributed by atoms with van der Waals surface area (Å²) < 4.78 is 37.5. The minimum Gasteiger partial charge on any atom is -0.497 e. The molecule has 0 saturated carbocycles. The number of para-hydroxylation sites is 2. The van der Waals surface area contributed by atoms with Crippen LogP contribution in [0.5, 0.6) is 5.75 Å². The predicted molar refractivity (Wildman–Crippen MR) is 87.5 cm³/mol. The first-order valence-corrected chi connectivity index (χ1v) is 7.61. The number of carbonyl (C=O) groups excluding carboxylic acids is 1. The van der Waals surface area contributed by atoms with Crippen molar-refractivity contribution in [2.24, 2.45) is 0 Å². The number of benzene rings is 2. The van der Waals surface area contributed by atoms with Gasteiger partial charge in [-0.25, -0.2) is 4.98 Å². The smallest absolute Gasteiger partial charge is 0.320 e. The van der Waals surface area contributed by atoms with Crippen molar-refractivity contribution in [1.82, 2.24) is 9.55 Å². The molecule has 130 valence electrons. The van der Waals surface area contributed by atoms with Gasteiger partial charge < -0.3 is 9.47 Å². The highest BCUT2D eigenvalue weighted by Crippen LogP contribution is 2.23. The Morgan fingerprint density at radius 2 is 1.88 bits per heavy atom.